The molecule has 0 aliphatic rings. The number of rotatable bonds is 0. The zero-order chi connectivity index (χ0) is 11.1. The second kappa shape index (κ2) is 5.94. The summed E-state index contributed by atoms with van der Waals surface area (Å²) in [6, 6.07) is 15.9. The Hall–Kier alpha value is -1.67. The lowest BCUT2D eigenvalue weighted by molar-refractivity contribution is 0.475. The predicted octanol–water partition coefficient (Wildman–Crippen LogP) is 3.31. The molecule has 2 nitrogen and oxygen atoms in total. The van der Waals surface area contributed by atoms with Crippen molar-refractivity contribution in [2.24, 2.45) is 0 Å². The topological polar surface area (TPSA) is 46.2 Å². The molecule has 0 amide bonds. The number of halogens is 1. The van der Waals surface area contributed by atoms with Crippen LogP contribution in [0.25, 0.3) is 0 Å². The standard InChI is InChI=1S/C6H6ClN.C6H6O/c7-5-3-1-2-4-6(5)8;7-6-4-2-1-3-5-6/h1-4H,8H2;1-5,7H. The van der Waals surface area contributed by atoms with E-state index < -0.39 is 0 Å². The number of anilines is 1. The van der Waals surface area contributed by atoms with E-state index in [1.807, 2.05) is 18.2 Å². The third kappa shape index (κ3) is 4.38. The van der Waals surface area contributed by atoms with Gasteiger partial charge in [0.05, 0.1) is 10.7 Å². The molecule has 3 heteroatoms. The molecule has 2 rings (SSSR count). The molecule has 3 N–H and O–H groups in total. The Bertz CT molecular complexity index is 382. The number of nitrogen functional groups attached to an aromatic ring is 1. The van der Waals surface area contributed by atoms with Gasteiger partial charge in [0.25, 0.3) is 0 Å². The van der Waals surface area contributed by atoms with Crippen LogP contribution in [-0.4, -0.2) is 5.11 Å². The van der Waals surface area contributed by atoms with Crippen LogP contribution >= 0.6 is 11.6 Å². The summed E-state index contributed by atoms with van der Waals surface area (Å²) in [5, 5.41) is 9.25. The van der Waals surface area contributed by atoms with E-state index >= 15 is 0 Å². The molecule has 0 unspecified atom stereocenters. The fourth-order valence-electron chi connectivity index (χ4n) is 0.903. The van der Waals surface area contributed by atoms with Crippen molar-refractivity contribution in [1.29, 1.82) is 0 Å². The summed E-state index contributed by atoms with van der Waals surface area (Å²) in [5.74, 6) is 0.322. The van der Waals surface area contributed by atoms with Gasteiger partial charge in [0.15, 0.2) is 0 Å². The highest BCUT2D eigenvalue weighted by Gasteiger charge is 1.87. The van der Waals surface area contributed by atoms with Crippen molar-refractivity contribution in [2.75, 3.05) is 5.73 Å². The Morgan fingerprint density at radius 1 is 0.867 bits per heavy atom. The summed E-state index contributed by atoms with van der Waals surface area (Å²) in [4.78, 5) is 0. The largest absolute Gasteiger partial charge is 0.508 e. The maximum atomic E-state index is 8.63. The number of aromatic hydroxyl groups is 1. The normalized spacial score (nSPS) is 8.87. The molecule has 0 radical (unpaired) electrons. The van der Waals surface area contributed by atoms with Gasteiger partial charge in [-0.3, -0.25) is 0 Å². The van der Waals surface area contributed by atoms with Crippen molar-refractivity contribution in [1.82, 2.24) is 0 Å². The van der Waals surface area contributed by atoms with E-state index in [1.165, 1.54) is 0 Å². The average Bonchev–Trinajstić information content (AvgIpc) is 2.25. The van der Waals surface area contributed by atoms with Crippen molar-refractivity contribution in [2.45, 2.75) is 0 Å². The molecule has 15 heavy (non-hydrogen) atoms. The first-order valence-electron chi connectivity index (χ1n) is 4.44. The average molecular weight is 222 g/mol. The highest BCUT2D eigenvalue weighted by atomic mass is 35.5. The summed E-state index contributed by atoms with van der Waals surface area (Å²) in [5.41, 5.74) is 6.02. The molecule has 2 aromatic rings. The van der Waals surface area contributed by atoms with Crippen LogP contribution in [0.2, 0.25) is 5.02 Å². The Labute approximate surface area is 93.9 Å². The number of phenolic OH excluding ortho intramolecular Hbond substituents is 1. The van der Waals surface area contributed by atoms with E-state index in [1.54, 1.807) is 36.4 Å². The molecule has 0 fully saturated rings. The molecule has 0 heterocycles. The molecule has 0 atom stereocenters. The summed E-state index contributed by atoms with van der Waals surface area (Å²) >= 11 is 5.58. The van der Waals surface area contributed by atoms with Gasteiger partial charge in [-0.2, -0.15) is 0 Å². The van der Waals surface area contributed by atoms with Gasteiger partial charge in [0.2, 0.25) is 0 Å². The minimum Gasteiger partial charge on any atom is -0.508 e. The molecule has 0 spiro atoms. The second-order valence-corrected chi connectivity index (χ2v) is 3.26. The molecule has 0 saturated heterocycles. The Morgan fingerprint density at radius 3 is 1.73 bits per heavy atom. The number of hydrogen-bond donors (Lipinski definition) is 2. The maximum absolute atomic E-state index is 8.63. The van der Waals surface area contributed by atoms with Gasteiger partial charge < -0.3 is 10.8 Å². The van der Waals surface area contributed by atoms with Crippen molar-refractivity contribution in [3.63, 3.8) is 0 Å². The molecule has 0 aliphatic heterocycles. The molecular weight excluding hydrogens is 210 g/mol. The van der Waals surface area contributed by atoms with Gasteiger partial charge in [-0.1, -0.05) is 41.9 Å². The minimum atomic E-state index is 0.322. The van der Waals surface area contributed by atoms with Crippen LogP contribution in [0.3, 0.4) is 0 Å². The maximum Gasteiger partial charge on any atom is 0.115 e. The van der Waals surface area contributed by atoms with Crippen LogP contribution in [0.1, 0.15) is 0 Å². The monoisotopic (exact) mass is 221 g/mol. The number of benzene rings is 2. The van der Waals surface area contributed by atoms with Gasteiger partial charge in [-0.05, 0) is 24.3 Å². The fourth-order valence-corrected chi connectivity index (χ4v) is 1.04. The molecule has 78 valence electrons. The van der Waals surface area contributed by atoms with Gasteiger partial charge in [0.1, 0.15) is 5.75 Å². The van der Waals surface area contributed by atoms with Crippen LogP contribution in [0.5, 0.6) is 5.75 Å². The third-order valence-corrected chi connectivity index (χ3v) is 2.01. The zero-order valence-corrected chi connectivity index (χ0v) is 8.85. The number of phenols is 1. The fraction of sp³-hybridized carbons (Fsp3) is 0. The lowest BCUT2D eigenvalue weighted by atomic mass is 10.3. The molecule has 2 aromatic carbocycles. The molecule has 0 aliphatic carbocycles. The Morgan fingerprint density at radius 2 is 1.40 bits per heavy atom. The first-order valence-corrected chi connectivity index (χ1v) is 4.82. The van der Waals surface area contributed by atoms with E-state index in [-0.39, 0.29) is 0 Å². The van der Waals surface area contributed by atoms with Crippen LogP contribution in [0, 0.1) is 0 Å². The van der Waals surface area contributed by atoms with Gasteiger partial charge in [-0.15, -0.1) is 0 Å². The van der Waals surface area contributed by atoms with Crippen LogP contribution in [0.15, 0.2) is 54.6 Å². The van der Waals surface area contributed by atoms with E-state index in [9.17, 15) is 0 Å². The third-order valence-electron chi connectivity index (χ3n) is 1.66. The smallest absolute Gasteiger partial charge is 0.115 e. The summed E-state index contributed by atoms with van der Waals surface area (Å²) in [6.07, 6.45) is 0. The highest BCUT2D eigenvalue weighted by Crippen LogP contribution is 2.15. The van der Waals surface area contributed by atoms with Gasteiger partial charge in [-0.25, -0.2) is 0 Å². The Kier molecular flexibility index (Phi) is 4.51. The predicted molar refractivity (Wildman–Crippen MR) is 64.0 cm³/mol. The highest BCUT2D eigenvalue weighted by molar-refractivity contribution is 6.33. The number of para-hydroxylation sites is 2. The van der Waals surface area contributed by atoms with E-state index in [2.05, 4.69) is 0 Å². The van der Waals surface area contributed by atoms with Crippen molar-refractivity contribution >= 4 is 17.3 Å². The van der Waals surface area contributed by atoms with Gasteiger partial charge >= 0.3 is 0 Å². The summed E-state index contributed by atoms with van der Waals surface area (Å²) in [6.45, 7) is 0. The molecule has 0 aromatic heterocycles. The quantitative estimate of drug-likeness (QED) is 0.671. The van der Waals surface area contributed by atoms with Crippen LogP contribution in [-0.2, 0) is 0 Å². The molecule has 0 saturated carbocycles. The minimum absolute atomic E-state index is 0.322. The first kappa shape index (κ1) is 11.4. The van der Waals surface area contributed by atoms with Crippen molar-refractivity contribution in [3.05, 3.63) is 59.6 Å². The second-order valence-electron chi connectivity index (χ2n) is 2.86. The summed E-state index contributed by atoms with van der Waals surface area (Å²) in [7, 11) is 0. The Balaban J connectivity index is 0.000000151. The van der Waals surface area contributed by atoms with Gasteiger partial charge in [0, 0.05) is 0 Å². The summed E-state index contributed by atoms with van der Waals surface area (Å²) < 4.78 is 0. The first-order chi connectivity index (χ1) is 7.20. The number of nitrogens with two attached hydrogens (primary N) is 1. The van der Waals surface area contributed by atoms with Crippen LogP contribution < -0.4 is 5.73 Å². The van der Waals surface area contributed by atoms with Crippen molar-refractivity contribution < 1.29 is 5.11 Å². The molecule has 0 bridgehead atoms. The zero-order valence-electron chi connectivity index (χ0n) is 8.10. The SMILES string of the molecule is Nc1ccccc1Cl.Oc1ccccc1. The van der Waals surface area contributed by atoms with E-state index in [0.29, 0.717) is 16.5 Å². The van der Waals surface area contributed by atoms with E-state index in [0.717, 1.165) is 0 Å². The molecular formula is C12H12ClNO. The number of hydrogen-bond acceptors (Lipinski definition) is 2. The van der Waals surface area contributed by atoms with Crippen LogP contribution in [0.4, 0.5) is 5.69 Å². The van der Waals surface area contributed by atoms with E-state index in [4.69, 9.17) is 22.4 Å². The lowest BCUT2D eigenvalue weighted by Crippen LogP contribution is -1.82. The lowest BCUT2D eigenvalue weighted by Gasteiger charge is -1.91. The van der Waals surface area contributed by atoms with Crippen molar-refractivity contribution in [3.8, 4) is 5.75 Å².